The fraction of sp³-hybridized carbons (Fsp3) is 0.0526. The molecule has 120 valence electrons. The van der Waals surface area contributed by atoms with Crippen LogP contribution in [0.1, 0.15) is 15.9 Å². The number of carbonyl (C=O) groups excluding carboxylic acids is 1. The molecular weight excluding hydrogens is 307 g/mol. The highest BCUT2D eigenvalue weighted by Crippen LogP contribution is 2.33. The molecule has 3 aromatic rings. The number of nitrogens with zero attached hydrogens (tertiary/aromatic N) is 1. The molecule has 0 bridgehead atoms. The number of hydrogen-bond acceptors (Lipinski definition) is 4. The van der Waals surface area contributed by atoms with E-state index in [9.17, 15) is 9.18 Å². The first-order chi connectivity index (χ1) is 11.6. The van der Waals surface area contributed by atoms with Crippen LogP contribution in [0.3, 0.4) is 0 Å². The molecule has 0 saturated heterocycles. The molecule has 0 aliphatic rings. The second kappa shape index (κ2) is 6.50. The third-order valence-electron chi connectivity index (χ3n) is 3.68. The van der Waals surface area contributed by atoms with E-state index in [1.54, 1.807) is 19.2 Å². The Morgan fingerprint density at radius 2 is 1.92 bits per heavy atom. The number of ether oxygens (including phenoxy) is 1. The fourth-order valence-electron chi connectivity index (χ4n) is 2.51. The van der Waals surface area contributed by atoms with E-state index in [4.69, 9.17) is 10.5 Å². The molecule has 0 amide bonds. The molecule has 0 radical (unpaired) electrons. The lowest BCUT2D eigenvalue weighted by Gasteiger charge is -2.12. The maximum Gasteiger partial charge on any atom is 0.195 e. The number of halogens is 1. The highest BCUT2D eigenvalue weighted by molar-refractivity contribution is 6.13. The Labute approximate surface area is 138 Å². The second-order valence-electron chi connectivity index (χ2n) is 5.16. The zero-order chi connectivity index (χ0) is 17.1. The SMILES string of the molecule is COc1ccccc1-c1nccc(C(=O)c2cccc(F)c2)c1N. The van der Waals surface area contributed by atoms with Crippen molar-refractivity contribution in [1.29, 1.82) is 0 Å². The average Bonchev–Trinajstić information content (AvgIpc) is 2.61. The molecule has 5 heteroatoms. The number of carbonyl (C=O) groups is 1. The Balaban J connectivity index is 2.11. The predicted octanol–water partition coefficient (Wildman–Crippen LogP) is 3.71. The number of pyridine rings is 1. The maximum absolute atomic E-state index is 13.4. The van der Waals surface area contributed by atoms with Gasteiger partial charge in [-0.15, -0.1) is 0 Å². The van der Waals surface area contributed by atoms with Gasteiger partial charge in [0, 0.05) is 22.9 Å². The molecule has 4 nitrogen and oxygen atoms in total. The van der Waals surface area contributed by atoms with Gasteiger partial charge in [-0.05, 0) is 30.3 Å². The minimum Gasteiger partial charge on any atom is -0.496 e. The smallest absolute Gasteiger partial charge is 0.195 e. The van der Waals surface area contributed by atoms with Crippen LogP contribution >= 0.6 is 0 Å². The predicted molar refractivity (Wildman–Crippen MR) is 90.5 cm³/mol. The van der Waals surface area contributed by atoms with E-state index in [0.717, 1.165) is 0 Å². The number of ketones is 1. The van der Waals surface area contributed by atoms with Crippen molar-refractivity contribution in [2.24, 2.45) is 0 Å². The van der Waals surface area contributed by atoms with E-state index in [2.05, 4.69) is 4.98 Å². The normalized spacial score (nSPS) is 10.4. The zero-order valence-electron chi connectivity index (χ0n) is 13.0. The molecule has 24 heavy (non-hydrogen) atoms. The number of nitrogen functional groups attached to an aromatic ring is 1. The van der Waals surface area contributed by atoms with E-state index >= 15 is 0 Å². The number of methoxy groups -OCH3 is 1. The molecule has 3 rings (SSSR count). The van der Waals surface area contributed by atoms with Gasteiger partial charge in [0.2, 0.25) is 0 Å². The first kappa shape index (κ1) is 15.7. The lowest BCUT2D eigenvalue weighted by molar-refractivity contribution is 0.103. The Morgan fingerprint density at radius 3 is 2.67 bits per heavy atom. The Morgan fingerprint density at radius 1 is 1.12 bits per heavy atom. The number of para-hydroxylation sites is 1. The topological polar surface area (TPSA) is 65.2 Å². The molecule has 0 unspecified atom stereocenters. The third kappa shape index (κ3) is 2.84. The summed E-state index contributed by atoms with van der Waals surface area (Å²) < 4.78 is 18.7. The van der Waals surface area contributed by atoms with Gasteiger partial charge in [0.05, 0.1) is 18.5 Å². The van der Waals surface area contributed by atoms with Gasteiger partial charge in [-0.3, -0.25) is 9.78 Å². The van der Waals surface area contributed by atoms with Gasteiger partial charge in [-0.2, -0.15) is 0 Å². The van der Waals surface area contributed by atoms with Crippen molar-refractivity contribution in [3.8, 4) is 17.0 Å². The molecule has 1 aromatic heterocycles. The number of hydrogen-bond donors (Lipinski definition) is 1. The van der Waals surface area contributed by atoms with Crippen molar-refractivity contribution in [3.63, 3.8) is 0 Å². The summed E-state index contributed by atoms with van der Waals surface area (Å²) in [6.07, 6.45) is 1.50. The summed E-state index contributed by atoms with van der Waals surface area (Å²) in [5, 5.41) is 0. The van der Waals surface area contributed by atoms with Crippen LogP contribution in [0.5, 0.6) is 5.75 Å². The monoisotopic (exact) mass is 322 g/mol. The first-order valence-corrected chi connectivity index (χ1v) is 7.30. The molecule has 0 aliphatic carbocycles. The Kier molecular flexibility index (Phi) is 4.24. The summed E-state index contributed by atoms with van der Waals surface area (Å²) in [5.41, 5.74) is 8.06. The highest BCUT2D eigenvalue weighted by atomic mass is 19.1. The summed E-state index contributed by atoms with van der Waals surface area (Å²) in [6, 6.07) is 14.3. The first-order valence-electron chi connectivity index (χ1n) is 7.30. The van der Waals surface area contributed by atoms with Crippen LogP contribution in [0.4, 0.5) is 10.1 Å². The van der Waals surface area contributed by atoms with Crippen LogP contribution in [0.2, 0.25) is 0 Å². The highest BCUT2D eigenvalue weighted by Gasteiger charge is 2.18. The van der Waals surface area contributed by atoms with Gasteiger partial charge in [0.25, 0.3) is 0 Å². The van der Waals surface area contributed by atoms with E-state index in [0.29, 0.717) is 17.0 Å². The van der Waals surface area contributed by atoms with Gasteiger partial charge in [-0.1, -0.05) is 24.3 Å². The minimum atomic E-state index is -0.474. The molecule has 1 heterocycles. The lowest BCUT2D eigenvalue weighted by atomic mass is 9.99. The summed E-state index contributed by atoms with van der Waals surface area (Å²) in [7, 11) is 1.55. The molecule has 0 fully saturated rings. The Hall–Kier alpha value is -3.21. The van der Waals surface area contributed by atoms with Crippen molar-refractivity contribution >= 4 is 11.5 Å². The fourth-order valence-corrected chi connectivity index (χ4v) is 2.51. The molecule has 0 atom stereocenters. The van der Waals surface area contributed by atoms with E-state index in [1.807, 2.05) is 18.2 Å². The van der Waals surface area contributed by atoms with Crippen molar-refractivity contribution in [2.45, 2.75) is 0 Å². The van der Waals surface area contributed by atoms with Gasteiger partial charge < -0.3 is 10.5 Å². The van der Waals surface area contributed by atoms with Crippen molar-refractivity contribution < 1.29 is 13.9 Å². The number of rotatable bonds is 4. The quantitative estimate of drug-likeness (QED) is 0.744. The summed E-state index contributed by atoms with van der Waals surface area (Å²) in [6.45, 7) is 0. The largest absolute Gasteiger partial charge is 0.496 e. The van der Waals surface area contributed by atoms with Crippen LogP contribution in [0.25, 0.3) is 11.3 Å². The third-order valence-corrected chi connectivity index (χ3v) is 3.68. The van der Waals surface area contributed by atoms with Gasteiger partial charge in [-0.25, -0.2) is 4.39 Å². The van der Waals surface area contributed by atoms with E-state index in [1.165, 1.54) is 30.5 Å². The number of benzene rings is 2. The number of anilines is 1. The van der Waals surface area contributed by atoms with Gasteiger partial charge in [0.1, 0.15) is 11.6 Å². The zero-order valence-corrected chi connectivity index (χ0v) is 13.0. The number of nitrogens with two attached hydrogens (primary N) is 1. The maximum atomic E-state index is 13.4. The van der Waals surface area contributed by atoms with Crippen LogP contribution < -0.4 is 10.5 Å². The number of aromatic nitrogens is 1. The standard InChI is InChI=1S/C19H15FN2O2/c1-24-16-8-3-2-7-14(16)18-17(21)15(9-10-22-18)19(23)12-5-4-6-13(20)11-12/h2-11H,21H2,1H3. The van der Waals surface area contributed by atoms with Crippen LogP contribution in [-0.2, 0) is 0 Å². The van der Waals surface area contributed by atoms with Crippen LogP contribution in [0.15, 0.2) is 60.8 Å². The van der Waals surface area contributed by atoms with Gasteiger partial charge in [0.15, 0.2) is 5.78 Å². The molecule has 0 saturated carbocycles. The minimum absolute atomic E-state index is 0.233. The van der Waals surface area contributed by atoms with Gasteiger partial charge >= 0.3 is 0 Å². The Bertz CT molecular complexity index is 909. The van der Waals surface area contributed by atoms with E-state index in [-0.39, 0.29) is 22.6 Å². The molecule has 0 spiro atoms. The summed E-state index contributed by atoms with van der Waals surface area (Å²) >= 11 is 0. The molecule has 2 aromatic carbocycles. The summed E-state index contributed by atoms with van der Waals surface area (Å²) in [5.74, 6) is -0.226. The molecule has 2 N–H and O–H groups in total. The van der Waals surface area contributed by atoms with Crippen LogP contribution in [0, 0.1) is 5.82 Å². The molecular formula is C19H15FN2O2. The van der Waals surface area contributed by atoms with Crippen LogP contribution in [-0.4, -0.2) is 17.9 Å². The van der Waals surface area contributed by atoms with Crippen molar-refractivity contribution in [2.75, 3.05) is 12.8 Å². The summed E-state index contributed by atoms with van der Waals surface area (Å²) in [4.78, 5) is 16.9. The molecule has 0 aliphatic heterocycles. The van der Waals surface area contributed by atoms with E-state index < -0.39 is 5.82 Å². The second-order valence-corrected chi connectivity index (χ2v) is 5.16. The lowest BCUT2D eigenvalue weighted by Crippen LogP contribution is -2.08. The average molecular weight is 322 g/mol. The van der Waals surface area contributed by atoms with Crippen molar-refractivity contribution in [1.82, 2.24) is 4.98 Å². The van der Waals surface area contributed by atoms with Crippen molar-refractivity contribution in [3.05, 3.63) is 77.7 Å².